The first-order chi connectivity index (χ1) is 11.1. The Balaban J connectivity index is 0.00000288. The lowest BCUT2D eigenvalue weighted by Gasteiger charge is -2.17. The minimum atomic E-state index is 0. The summed E-state index contributed by atoms with van der Waals surface area (Å²) in [7, 11) is 1.67. The molecule has 0 spiro atoms. The smallest absolute Gasteiger partial charge is 0.189 e. The van der Waals surface area contributed by atoms with Gasteiger partial charge in [-0.2, -0.15) is 0 Å². The van der Waals surface area contributed by atoms with Crippen LogP contribution in [0.4, 0.5) is 0 Å². The Morgan fingerprint density at radius 3 is 2.75 bits per heavy atom. The van der Waals surface area contributed by atoms with Crippen molar-refractivity contribution < 1.29 is 9.47 Å². The van der Waals surface area contributed by atoms with E-state index in [-0.39, 0.29) is 30.0 Å². The number of hydrogen-bond acceptors (Lipinski definition) is 3. The van der Waals surface area contributed by atoms with E-state index in [1.807, 2.05) is 6.92 Å². The van der Waals surface area contributed by atoms with Gasteiger partial charge in [-0.05, 0) is 51.2 Å². The van der Waals surface area contributed by atoms with Crippen LogP contribution in [0.2, 0.25) is 0 Å². The van der Waals surface area contributed by atoms with Crippen molar-refractivity contribution in [3.8, 4) is 5.75 Å². The Labute approximate surface area is 162 Å². The first kappa shape index (κ1) is 21.0. The van der Waals surface area contributed by atoms with Gasteiger partial charge in [0.1, 0.15) is 5.75 Å². The van der Waals surface area contributed by atoms with E-state index in [2.05, 4.69) is 35.4 Å². The van der Waals surface area contributed by atoms with Crippen LogP contribution < -0.4 is 15.8 Å². The molecular formula is C18H30IN3O2. The number of nitrogens with zero attached hydrogens (tertiary/aromatic N) is 1. The molecule has 24 heavy (non-hydrogen) atoms. The summed E-state index contributed by atoms with van der Waals surface area (Å²) in [5.74, 6) is 1.38. The lowest BCUT2D eigenvalue weighted by molar-refractivity contribution is 0.179. The Kier molecular flexibility index (Phi) is 9.43. The molecule has 2 rings (SSSR count). The zero-order valence-corrected chi connectivity index (χ0v) is 17.2. The number of nitrogens with two attached hydrogens (primary N) is 1. The van der Waals surface area contributed by atoms with Crippen molar-refractivity contribution in [1.29, 1.82) is 0 Å². The van der Waals surface area contributed by atoms with Crippen LogP contribution in [-0.2, 0) is 11.3 Å². The zero-order valence-electron chi connectivity index (χ0n) is 14.9. The highest BCUT2D eigenvalue weighted by Gasteiger charge is 2.18. The highest BCUT2D eigenvalue weighted by atomic mass is 127. The van der Waals surface area contributed by atoms with Crippen LogP contribution >= 0.6 is 24.0 Å². The molecule has 0 saturated heterocycles. The third-order valence-electron chi connectivity index (χ3n) is 4.05. The second-order valence-electron chi connectivity index (χ2n) is 6.34. The molecule has 0 bridgehead atoms. The van der Waals surface area contributed by atoms with Gasteiger partial charge in [0.05, 0.1) is 19.3 Å². The summed E-state index contributed by atoms with van der Waals surface area (Å²) in [6.45, 7) is 5.20. The number of nitrogens with one attached hydrogen (secondary N) is 1. The number of benzene rings is 1. The van der Waals surface area contributed by atoms with Crippen molar-refractivity contribution in [2.45, 2.75) is 58.2 Å². The van der Waals surface area contributed by atoms with Crippen LogP contribution in [0.5, 0.6) is 5.75 Å². The normalized spacial score (nSPS) is 16.5. The predicted octanol–water partition coefficient (Wildman–Crippen LogP) is 3.37. The van der Waals surface area contributed by atoms with Crippen LogP contribution in [-0.4, -0.2) is 31.8 Å². The average molecular weight is 447 g/mol. The highest BCUT2D eigenvalue weighted by Crippen LogP contribution is 2.28. The first-order valence-corrected chi connectivity index (χ1v) is 8.40. The van der Waals surface area contributed by atoms with Crippen molar-refractivity contribution in [2.24, 2.45) is 10.7 Å². The maximum Gasteiger partial charge on any atom is 0.189 e. The number of hydrogen-bond donors (Lipinski definition) is 2. The molecule has 1 unspecified atom stereocenters. The Hall–Kier alpha value is -1.02. The number of halogens is 1. The largest absolute Gasteiger partial charge is 0.490 e. The third-order valence-corrected chi connectivity index (χ3v) is 4.05. The van der Waals surface area contributed by atoms with E-state index in [4.69, 9.17) is 15.2 Å². The lowest BCUT2D eigenvalue weighted by Crippen LogP contribution is -2.40. The van der Waals surface area contributed by atoms with Crippen LogP contribution in [0.3, 0.4) is 0 Å². The predicted molar refractivity (Wildman–Crippen MR) is 109 cm³/mol. The van der Waals surface area contributed by atoms with Crippen molar-refractivity contribution in [3.05, 3.63) is 29.3 Å². The molecule has 0 radical (unpaired) electrons. The maximum atomic E-state index is 6.19. The van der Waals surface area contributed by atoms with Crippen molar-refractivity contribution >= 4 is 29.9 Å². The molecule has 1 fully saturated rings. The molecule has 0 aliphatic heterocycles. The van der Waals surface area contributed by atoms with E-state index in [0.717, 1.165) is 24.2 Å². The minimum absolute atomic E-state index is 0. The molecule has 1 saturated carbocycles. The van der Waals surface area contributed by atoms with E-state index < -0.39 is 0 Å². The molecule has 0 aromatic heterocycles. The summed E-state index contributed by atoms with van der Waals surface area (Å²) < 4.78 is 11.3. The first-order valence-electron chi connectivity index (χ1n) is 8.40. The molecule has 1 aromatic rings. The third kappa shape index (κ3) is 6.84. The van der Waals surface area contributed by atoms with Crippen LogP contribution in [0, 0.1) is 6.92 Å². The minimum Gasteiger partial charge on any atom is -0.490 e. The van der Waals surface area contributed by atoms with E-state index in [0.29, 0.717) is 25.2 Å². The lowest BCUT2D eigenvalue weighted by atomic mass is 10.1. The molecule has 1 aliphatic rings. The fraction of sp³-hybridized carbons (Fsp3) is 0.611. The topological polar surface area (TPSA) is 68.9 Å². The quantitative estimate of drug-likeness (QED) is 0.382. The van der Waals surface area contributed by atoms with Gasteiger partial charge in [-0.15, -0.1) is 24.0 Å². The van der Waals surface area contributed by atoms with E-state index >= 15 is 0 Å². The monoisotopic (exact) mass is 447 g/mol. The molecule has 3 N–H and O–H groups in total. The molecular weight excluding hydrogens is 417 g/mol. The Morgan fingerprint density at radius 2 is 2.08 bits per heavy atom. The number of ether oxygens (including phenoxy) is 2. The van der Waals surface area contributed by atoms with Crippen molar-refractivity contribution in [2.75, 3.05) is 13.7 Å². The van der Waals surface area contributed by atoms with Gasteiger partial charge < -0.3 is 20.5 Å². The standard InChI is InChI=1S/C18H29N3O2.HI/c1-13-8-9-15(11-20-18(19)21-14(2)12-22-3)17(10-13)23-16-6-4-5-7-16;/h8-10,14,16H,4-7,11-12H2,1-3H3,(H3,19,20,21);1H. The van der Waals surface area contributed by atoms with Gasteiger partial charge in [-0.25, -0.2) is 4.99 Å². The molecule has 136 valence electrons. The van der Waals surface area contributed by atoms with Crippen molar-refractivity contribution in [3.63, 3.8) is 0 Å². The van der Waals surface area contributed by atoms with E-state index in [1.165, 1.54) is 18.4 Å². The second kappa shape index (κ2) is 10.8. The summed E-state index contributed by atoms with van der Waals surface area (Å²) in [4.78, 5) is 4.43. The number of methoxy groups -OCH3 is 1. The highest BCUT2D eigenvalue weighted by molar-refractivity contribution is 14.0. The van der Waals surface area contributed by atoms with Gasteiger partial charge in [-0.1, -0.05) is 12.1 Å². The fourth-order valence-electron chi connectivity index (χ4n) is 2.85. The van der Waals surface area contributed by atoms with Gasteiger partial charge in [0.15, 0.2) is 5.96 Å². The van der Waals surface area contributed by atoms with Crippen molar-refractivity contribution in [1.82, 2.24) is 5.32 Å². The molecule has 1 aliphatic carbocycles. The van der Waals surface area contributed by atoms with Gasteiger partial charge in [0.25, 0.3) is 0 Å². The van der Waals surface area contributed by atoms with Gasteiger partial charge in [0.2, 0.25) is 0 Å². The van der Waals surface area contributed by atoms with Gasteiger partial charge >= 0.3 is 0 Å². The number of aliphatic imine (C=N–C) groups is 1. The summed E-state index contributed by atoms with van der Waals surface area (Å²) >= 11 is 0. The zero-order chi connectivity index (χ0) is 16.7. The summed E-state index contributed by atoms with van der Waals surface area (Å²) in [6, 6.07) is 6.40. The van der Waals surface area contributed by atoms with Gasteiger partial charge in [0, 0.05) is 18.7 Å². The molecule has 0 heterocycles. The summed E-state index contributed by atoms with van der Waals surface area (Å²) in [5, 5.41) is 3.12. The van der Waals surface area contributed by atoms with Crippen LogP contribution in [0.1, 0.15) is 43.7 Å². The van der Waals surface area contributed by atoms with Crippen LogP contribution in [0.15, 0.2) is 23.2 Å². The molecule has 0 amide bonds. The summed E-state index contributed by atoms with van der Waals surface area (Å²) in [5.41, 5.74) is 8.21. The number of aryl methyl sites for hydroxylation is 1. The average Bonchev–Trinajstić information content (AvgIpc) is 2.99. The SMILES string of the molecule is COCC(C)NC(N)=NCc1ccc(C)cc1OC1CCCC1.I. The maximum absolute atomic E-state index is 6.19. The molecule has 5 nitrogen and oxygen atoms in total. The van der Waals surface area contributed by atoms with E-state index in [1.54, 1.807) is 7.11 Å². The second-order valence-corrected chi connectivity index (χ2v) is 6.34. The Bertz CT molecular complexity index is 531. The van der Waals surface area contributed by atoms with Gasteiger partial charge in [-0.3, -0.25) is 0 Å². The molecule has 1 atom stereocenters. The Morgan fingerprint density at radius 1 is 1.38 bits per heavy atom. The number of rotatable bonds is 7. The summed E-state index contributed by atoms with van der Waals surface area (Å²) in [6.07, 6.45) is 5.16. The number of guanidine groups is 1. The van der Waals surface area contributed by atoms with Crippen LogP contribution in [0.25, 0.3) is 0 Å². The van der Waals surface area contributed by atoms with E-state index in [9.17, 15) is 0 Å². The molecule has 1 aromatic carbocycles. The molecule has 6 heteroatoms. The fourth-order valence-corrected chi connectivity index (χ4v) is 2.85.